The van der Waals surface area contributed by atoms with E-state index in [0.29, 0.717) is 5.56 Å². The summed E-state index contributed by atoms with van der Waals surface area (Å²) in [5.74, 6) is 0. The number of hydrogen-bond acceptors (Lipinski definition) is 4. The maximum absolute atomic E-state index is 12.8. The average Bonchev–Trinajstić information content (AvgIpc) is 3.33. The number of nitrogens with one attached hydrogen (secondary N) is 1. The van der Waals surface area contributed by atoms with Gasteiger partial charge in [-0.15, -0.1) is 4.36 Å². The van der Waals surface area contributed by atoms with Gasteiger partial charge in [0.2, 0.25) is 5.09 Å². The Labute approximate surface area is 164 Å². The summed E-state index contributed by atoms with van der Waals surface area (Å²) in [5.41, 5.74) is 4.95. The van der Waals surface area contributed by atoms with E-state index in [9.17, 15) is 14.1 Å². The monoisotopic (exact) mass is 403 g/mol. The van der Waals surface area contributed by atoms with Crippen LogP contribution in [0, 0.1) is 0 Å². The summed E-state index contributed by atoms with van der Waals surface area (Å²) < 4.78 is 21.7. The standard InChI is InChI=1S/C20H25N3O4S/c1-20(2,25)14-10-17(27-11-14)28(21,26)23-19(24)22-18-15-7-3-5-12(15)9-13-6-4-8-16(13)18/h9-11,25H,3-8H2,1-2H3,(H3,21,22,23,24,26)/t28-/m1/s1. The largest absolute Gasteiger partial charge is 0.453 e. The van der Waals surface area contributed by atoms with E-state index in [4.69, 9.17) is 9.56 Å². The highest BCUT2D eigenvalue weighted by Crippen LogP contribution is 2.38. The van der Waals surface area contributed by atoms with Crippen molar-refractivity contribution in [3.05, 3.63) is 46.2 Å². The summed E-state index contributed by atoms with van der Waals surface area (Å²) in [5, 5.41) is 18.5. The van der Waals surface area contributed by atoms with Gasteiger partial charge < -0.3 is 14.8 Å². The zero-order valence-corrected chi connectivity index (χ0v) is 16.9. The van der Waals surface area contributed by atoms with Crippen molar-refractivity contribution < 1.29 is 18.5 Å². The van der Waals surface area contributed by atoms with Crippen LogP contribution < -0.4 is 10.5 Å². The van der Waals surface area contributed by atoms with Crippen LogP contribution in [-0.2, 0) is 41.2 Å². The molecule has 2 aliphatic carbocycles. The number of fused-ring (bicyclic) bond motifs is 2. The molecule has 0 radical (unpaired) electrons. The van der Waals surface area contributed by atoms with Crippen molar-refractivity contribution in [2.45, 2.75) is 63.1 Å². The van der Waals surface area contributed by atoms with Gasteiger partial charge in [-0.2, -0.15) is 0 Å². The Morgan fingerprint density at radius 1 is 1.18 bits per heavy atom. The van der Waals surface area contributed by atoms with E-state index >= 15 is 0 Å². The van der Waals surface area contributed by atoms with Crippen LogP contribution in [0.25, 0.3) is 0 Å². The molecular formula is C20H25N3O4S. The molecule has 0 saturated carbocycles. The quantitative estimate of drug-likeness (QED) is 0.728. The van der Waals surface area contributed by atoms with Crippen LogP contribution in [0.5, 0.6) is 0 Å². The highest BCUT2D eigenvalue weighted by molar-refractivity contribution is 7.91. The van der Waals surface area contributed by atoms with Crippen LogP contribution >= 0.6 is 0 Å². The van der Waals surface area contributed by atoms with E-state index in [-0.39, 0.29) is 5.09 Å². The first-order valence-corrected chi connectivity index (χ1v) is 11.1. The fraction of sp³-hybridized carbons (Fsp3) is 0.450. The molecule has 8 heteroatoms. The SMILES string of the molecule is CC(C)(O)c1coc([S@](N)(=O)=NC(=O)Nc2c3c(cc4c2CCC4)CCC3)c1. The summed E-state index contributed by atoms with van der Waals surface area (Å²) in [6.45, 7) is 3.14. The lowest BCUT2D eigenvalue weighted by atomic mass is 9.99. The van der Waals surface area contributed by atoms with Crippen molar-refractivity contribution in [3.63, 3.8) is 0 Å². The Hall–Kier alpha value is -2.16. The van der Waals surface area contributed by atoms with Crippen molar-refractivity contribution in [2.24, 2.45) is 9.50 Å². The fourth-order valence-electron chi connectivity index (χ4n) is 4.06. The second-order valence-corrected chi connectivity index (χ2v) is 9.76. The smallest absolute Gasteiger partial charge is 0.354 e. The molecule has 4 rings (SSSR count). The molecule has 4 N–H and O–H groups in total. The van der Waals surface area contributed by atoms with Gasteiger partial charge in [0.1, 0.15) is 0 Å². The number of benzene rings is 1. The van der Waals surface area contributed by atoms with Gasteiger partial charge >= 0.3 is 6.03 Å². The Kier molecular flexibility index (Phi) is 4.60. The van der Waals surface area contributed by atoms with Gasteiger partial charge in [0.15, 0.2) is 9.92 Å². The van der Waals surface area contributed by atoms with Crippen molar-refractivity contribution in [3.8, 4) is 0 Å². The number of aliphatic hydroxyl groups is 1. The molecule has 0 saturated heterocycles. The minimum Gasteiger partial charge on any atom is -0.453 e. The predicted molar refractivity (Wildman–Crippen MR) is 106 cm³/mol. The molecule has 0 aliphatic heterocycles. The lowest BCUT2D eigenvalue weighted by molar-refractivity contribution is 0.0779. The summed E-state index contributed by atoms with van der Waals surface area (Å²) in [4.78, 5) is 12.6. The molecule has 28 heavy (non-hydrogen) atoms. The molecule has 2 aliphatic rings. The number of amides is 2. The van der Waals surface area contributed by atoms with E-state index in [1.807, 2.05) is 0 Å². The molecule has 1 atom stereocenters. The Balaban J connectivity index is 1.65. The Morgan fingerprint density at radius 3 is 2.32 bits per heavy atom. The molecule has 0 spiro atoms. The molecule has 0 fully saturated rings. The van der Waals surface area contributed by atoms with Gasteiger partial charge in [-0.25, -0.2) is 14.1 Å². The number of nitrogens with two attached hydrogens (primary N) is 1. The lowest BCUT2D eigenvalue weighted by Gasteiger charge is -2.15. The molecule has 150 valence electrons. The molecule has 1 aromatic carbocycles. The third-order valence-corrected chi connectivity index (χ3v) is 6.72. The number of urea groups is 1. The molecular weight excluding hydrogens is 378 g/mol. The first kappa shape index (κ1) is 19.2. The average molecular weight is 404 g/mol. The minimum absolute atomic E-state index is 0.136. The van der Waals surface area contributed by atoms with Crippen LogP contribution in [0.15, 0.2) is 32.3 Å². The zero-order chi connectivity index (χ0) is 20.1. The summed E-state index contributed by atoms with van der Waals surface area (Å²) in [6, 6.07) is 2.89. The van der Waals surface area contributed by atoms with Gasteiger partial charge in [-0.3, -0.25) is 0 Å². The van der Waals surface area contributed by atoms with Gasteiger partial charge in [-0.1, -0.05) is 6.07 Å². The number of hydrogen-bond donors (Lipinski definition) is 3. The van der Waals surface area contributed by atoms with E-state index in [0.717, 1.165) is 55.3 Å². The van der Waals surface area contributed by atoms with E-state index < -0.39 is 21.5 Å². The normalized spacial score (nSPS) is 17.7. The molecule has 7 nitrogen and oxygen atoms in total. The number of rotatable bonds is 3. The lowest BCUT2D eigenvalue weighted by Crippen LogP contribution is -2.19. The van der Waals surface area contributed by atoms with Crippen LogP contribution in [0.4, 0.5) is 10.5 Å². The fourth-order valence-corrected chi connectivity index (χ4v) is 4.92. The third kappa shape index (κ3) is 3.47. The number of carbonyl (C=O) groups is 1. The van der Waals surface area contributed by atoms with E-state index in [1.54, 1.807) is 13.8 Å². The maximum atomic E-state index is 12.8. The topological polar surface area (TPSA) is 118 Å². The number of nitrogens with zero attached hydrogens (tertiary/aromatic N) is 1. The summed E-state index contributed by atoms with van der Waals surface area (Å²) in [6.07, 6.45) is 7.28. The van der Waals surface area contributed by atoms with Crippen molar-refractivity contribution in [1.29, 1.82) is 0 Å². The van der Waals surface area contributed by atoms with Crippen molar-refractivity contribution in [2.75, 3.05) is 5.32 Å². The second-order valence-electron chi connectivity index (χ2n) is 8.04. The number of anilines is 1. The highest BCUT2D eigenvalue weighted by Gasteiger charge is 2.26. The third-order valence-electron chi connectivity index (χ3n) is 5.49. The van der Waals surface area contributed by atoms with Gasteiger partial charge in [-0.05, 0) is 74.6 Å². The molecule has 2 amide bonds. The van der Waals surface area contributed by atoms with Gasteiger partial charge in [0.25, 0.3) is 0 Å². The van der Waals surface area contributed by atoms with E-state index in [2.05, 4.69) is 15.7 Å². The van der Waals surface area contributed by atoms with Gasteiger partial charge in [0, 0.05) is 17.3 Å². The Morgan fingerprint density at radius 2 is 1.79 bits per heavy atom. The maximum Gasteiger partial charge on any atom is 0.354 e. The van der Waals surface area contributed by atoms with Crippen LogP contribution in [0.3, 0.4) is 0 Å². The van der Waals surface area contributed by atoms with Crippen LogP contribution in [-0.4, -0.2) is 15.3 Å². The van der Waals surface area contributed by atoms with Crippen molar-refractivity contribution in [1.82, 2.24) is 0 Å². The van der Waals surface area contributed by atoms with Crippen molar-refractivity contribution >= 4 is 21.6 Å². The minimum atomic E-state index is -3.56. The molecule has 1 heterocycles. The first-order valence-electron chi connectivity index (χ1n) is 9.49. The highest BCUT2D eigenvalue weighted by atomic mass is 32.2. The molecule has 2 aromatic rings. The van der Waals surface area contributed by atoms with E-state index in [1.165, 1.54) is 23.5 Å². The zero-order valence-electron chi connectivity index (χ0n) is 16.1. The Bertz CT molecular complexity index is 1040. The van der Waals surface area contributed by atoms with Crippen LogP contribution in [0.2, 0.25) is 0 Å². The van der Waals surface area contributed by atoms with Crippen LogP contribution in [0.1, 0.15) is 54.5 Å². The molecule has 1 aromatic heterocycles. The number of furan rings is 1. The second kappa shape index (κ2) is 6.72. The predicted octanol–water partition coefficient (Wildman–Crippen LogP) is 3.42. The summed E-state index contributed by atoms with van der Waals surface area (Å²) in [7, 11) is -3.56. The first-order chi connectivity index (χ1) is 13.1. The number of carbonyl (C=O) groups excluding carboxylic acids is 1. The number of aryl methyl sites for hydroxylation is 2. The molecule has 0 unspecified atom stereocenters. The molecule has 0 bridgehead atoms. The summed E-state index contributed by atoms with van der Waals surface area (Å²) >= 11 is 0. The van der Waals surface area contributed by atoms with Gasteiger partial charge in [0.05, 0.1) is 11.9 Å².